The van der Waals surface area contributed by atoms with Gasteiger partial charge in [0.2, 0.25) is 0 Å². The van der Waals surface area contributed by atoms with Crippen molar-refractivity contribution in [3.8, 4) is 0 Å². The lowest BCUT2D eigenvalue weighted by Gasteiger charge is -2.07. The predicted molar refractivity (Wildman–Crippen MR) is 86.5 cm³/mol. The topological polar surface area (TPSA) is 59.1 Å². The Morgan fingerprint density at radius 2 is 1.90 bits per heavy atom. The van der Waals surface area contributed by atoms with Crippen LogP contribution in [0.3, 0.4) is 0 Å². The van der Waals surface area contributed by atoms with E-state index in [1.165, 1.54) is 11.0 Å². The molecule has 0 amide bonds. The molecule has 1 aromatic carbocycles. The van der Waals surface area contributed by atoms with Crippen molar-refractivity contribution in [1.29, 1.82) is 0 Å². The molecule has 2 aromatic heterocycles. The van der Waals surface area contributed by atoms with Crippen LogP contribution in [0.25, 0.3) is 10.1 Å². The van der Waals surface area contributed by atoms with Gasteiger partial charge in [-0.3, -0.25) is 0 Å². The molecule has 3 rings (SSSR count). The van der Waals surface area contributed by atoms with Gasteiger partial charge in [-0.25, -0.2) is 13.4 Å². The molecule has 108 valence electrons. The highest BCUT2D eigenvalue weighted by Gasteiger charge is 2.07. The molecule has 4 nitrogen and oxygen atoms in total. The molecule has 0 radical (unpaired) electrons. The summed E-state index contributed by atoms with van der Waals surface area (Å²) >= 11 is 1.68. The zero-order valence-electron chi connectivity index (χ0n) is 11.4. The minimum absolute atomic E-state index is 0.337. The highest BCUT2D eigenvalue weighted by atomic mass is 32.2. The number of thiophene rings is 1. The third-order valence-corrected chi connectivity index (χ3v) is 5.20. The largest absolute Gasteiger partial charge is 0.365 e. The fraction of sp³-hybridized carbons (Fsp3) is 0.133. The normalized spacial score (nSPS) is 11.7. The molecule has 0 saturated heterocycles. The van der Waals surface area contributed by atoms with Crippen molar-refractivity contribution in [3.05, 3.63) is 53.5 Å². The second-order valence-corrected chi connectivity index (χ2v) is 7.73. The van der Waals surface area contributed by atoms with E-state index in [0.29, 0.717) is 11.4 Å². The van der Waals surface area contributed by atoms with Crippen LogP contribution in [0.4, 0.5) is 5.82 Å². The fourth-order valence-corrected chi connectivity index (χ4v) is 3.49. The Balaban J connectivity index is 1.77. The molecule has 6 heteroatoms. The van der Waals surface area contributed by atoms with Crippen LogP contribution >= 0.6 is 11.3 Å². The highest BCUT2D eigenvalue weighted by molar-refractivity contribution is 7.90. The van der Waals surface area contributed by atoms with E-state index in [4.69, 9.17) is 0 Å². The lowest BCUT2D eigenvalue weighted by molar-refractivity contribution is 0.602. The minimum atomic E-state index is -3.14. The highest BCUT2D eigenvalue weighted by Crippen LogP contribution is 2.26. The molecular formula is C15H14N2O2S2. The maximum atomic E-state index is 11.4. The number of nitrogens with zero attached hydrogens (tertiary/aromatic N) is 1. The van der Waals surface area contributed by atoms with Crippen LogP contribution < -0.4 is 5.32 Å². The van der Waals surface area contributed by atoms with E-state index >= 15 is 0 Å². The molecule has 0 atom stereocenters. The standard InChI is InChI=1S/C15H14N2O2S2/c1-21(18,19)12-4-2-11(3-5-12)10-17-15-13-7-9-20-14(13)6-8-16-15/h2-9H,10H2,1H3,(H,16,17). The summed E-state index contributed by atoms with van der Waals surface area (Å²) in [5.74, 6) is 0.848. The number of sulfone groups is 1. The van der Waals surface area contributed by atoms with E-state index in [0.717, 1.165) is 16.8 Å². The molecule has 2 heterocycles. The molecule has 0 saturated carbocycles. The van der Waals surface area contributed by atoms with Crippen molar-refractivity contribution in [2.45, 2.75) is 11.4 Å². The Morgan fingerprint density at radius 1 is 1.14 bits per heavy atom. The van der Waals surface area contributed by atoms with Crippen molar-refractivity contribution >= 4 is 37.1 Å². The monoisotopic (exact) mass is 318 g/mol. The molecule has 0 aliphatic heterocycles. The van der Waals surface area contributed by atoms with E-state index in [1.807, 2.05) is 29.6 Å². The van der Waals surface area contributed by atoms with Gasteiger partial charge in [0.25, 0.3) is 0 Å². The number of nitrogens with one attached hydrogen (secondary N) is 1. The second-order valence-electron chi connectivity index (χ2n) is 4.76. The number of anilines is 1. The second kappa shape index (κ2) is 5.46. The van der Waals surface area contributed by atoms with E-state index in [2.05, 4.69) is 10.3 Å². The summed E-state index contributed by atoms with van der Waals surface area (Å²) in [7, 11) is -3.14. The molecule has 0 unspecified atom stereocenters. The fourth-order valence-electron chi connectivity index (χ4n) is 2.08. The number of hydrogen-bond donors (Lipinski definition) is 1. The first-order valence-electron chi connectivity index (χ1n) is 6.39. The zero-order chi connectivity index (χ0) is 14.9. The number of aromatic nitrogens is 1. The van der Waals surface area contributed by atoms with Crippen LogP contribution in [0.5, 0.6) is 0 Å². The molecular weight excluding hydrogens is 304 g/mol. The Morgan fingerprint density at radius 3 is 2.62 bits per heavy atom. The third-order valence-electron chi connectivity index (χ3n) is 3.19. The van der Waals surface area contributed by atoms with Gasteiger partial charge in [0.1, 0.15) is 5.82 Å². The predicted octanol–water partition coefficient (Wildman–Crippen LogP) is 3.31. The van der Waals surface area contributed by atoms with E-state index < -0.39 is 9.84 Å². The summed E-state index contributed by atoms with van der Waals surface area (Å²) in [6.45, 7) is 0.603. The van der Waals surface area contributed by atoms with Crippen LogP contribution in [-0.4, -0.2) is 19.7 Å². The molecule has 21 heavy (non-hydrogen) atoms. The van der Waals surface area contributed by atoms with Gasteiger partial charge in [0, 0.05) is 29.1 Å². The van der Waals surface area contributed by atoms with E-state index in [1.54, 1.807) is 29.7 Å². The van der Waals surface area contributed by atoms with Crippen molar-refractivity contribution < 1.29 is 8.42 Å². The molecule has 0 fully saturated rings. The van der Waals surface area contributed by atoms with Crippen molar-refractivity contribution in [2.75, 3.05) is 11.6 Å². The maximum absolute atomic E-state index is 11.4. The van der Waals surface area contributed by atoms with Gasteiger partial charge in [0.05, 0.1) is 4.90 Å². The summed E-state index contributed by atoms with van der Waals surface area (Å²) in [4.78, 5) is 4.69. The van der Waals surface area contributed by atoms with Crippen molar-refractivity contribution in [1.82, 2.24) is 4.98 Å². The van der Waals surface area contributed by atoms with Crippen LogP contribution in [-0.2, 0) is 16.4 Å². The Kier molecular flexibility index (Phi) is 3.65. The number of hydrogen-bond acceptors (Lipinski definition) is 5. The average Bonchev–Trinajstić information content (AvgIpc) is 2.93. The molecule has 0 aliphatic carbocycles. The van der Waals surface area contributed by atoms with Gasteiger partial charge in [-0.05, 0) is 35.2 Å². The van der Waals surface area contributed by atoms with Crippen molar-refractivity contribution in [2.24, 2.45) is 0 Å². The smallest absolute Gasteiger partial charge is 0.175 e. The summed E-state index contributed by atoms with van der Waals surface area (Å²) in [5, 5.41) is 6.44. The number of rotatable bonds is 4. The van der Waals surface area contributed by atoms with Crippen LogP contribution in [0.15, 0.2) is 52.9 Å². The lowest BCUT2D eigenvalue weighted by atomic mass is 10.2. The van der Waals surface area contributed by atoms with Crippen molar-refractivity contribution in [3.63, 3.8) is 0 Å². The molecule has 0 aliphatic rings. The van der Waals surface area contributed by atoms with Gasteiger partial charge in [-0.15, -0.1) is 11.3 Å². The van der Waals surface area contributed by atoms with Crippen LogP contribution in [0.1, 0.15) is 5.56 Å². The van der Waals surface area contributed by atoms with Gasteiger partial charge >= 0.3 is 0 Å². The number of fused-ring (bicyclic) bond motifs is 1. The third kappa shape index (κ3) is 3.06. The lowest BCUT2D eigenvalue weighted by Crippen LogP contribution is -2.02. The quantitative estimate of drug-likeness (QED) is 0.802. The summed E-state index contributed by atoms with van der Waals surface area (Å²) in [6.07, 6.45) is 3.00. The molecule has 0 bridgehead atoms. The maximum Gasteiger partial charge on any atom is 0.175 e. The first kappa shape index (κ1) is 14.0. The van der Waals surface area contributed by atoms with Crippen LogP contribution in [0, 0.1) is 0 Å². The molecule has 0 spiro atoms. The van der Waals surface area contributed by atoms with Gasteiger partial charge < -0.3 is 5.32 Å². The van der Waals surface area contributed by atoms with Crippen LogP contribution in [0.2, 0.25) is 0 Å². The number of benzene rings is 1. The summed E-state index contributed by atoms with van der Waals surface area (Å²) in [6, 6.07) is 10.9. The minimum Gasteiger partial charge on any atom is -0.365 e. The Bertz CT molecular complexity index is 868. The SMILES string of the molecule is CS(=O)(=O)c1ccc(CNc2nccc3sccc23)cc1. The molecule has 1 N–H and O–H groups in total. The first-order chi connectivity index (χ1) is 10.0. The van der Waals surface area contributed by atoms with Gasteiger partial charge in [-0.1, -0.05) is 12.1 Å². The Hall–Kier alpha value is -1.92. The van der Waals surface area contributed by atoms with E-state index in [9.17, 15) is 8.42 Å². The first-order valence-corrected chi connectivity index (χ1v) is 9.16. The van der Waals surface area contributed by atoms with Gasteiger partial charge in [-0.2, -0.15) is 0 Å². The molecule has 3 aromatic rings. The Labute approximate surface area is 127 Å². The summed E-state index contributed by atoms with van der Waals surface area (Å²) < 4.78 is 24.0. The van der Waals surface area contributed by atoms with Gasteiger partial charge in [0.15, 0.2) is 9.84 Å². The zero-order valence-corrected chi connectivity index (χ0v) is 13.0. The summed E-state index contributed by atoms with van der Waals surface area (Å²) in [5.41, 5.74) is 1.01. The van der Waals surface area contributed by atoms with E-state index in [-0.39, 0.29) is 0 Å². The average molecular weight is 318 g/mol. The number of pyridine rings is 1.